The molecule has 2 saturated heterocycles. The fourth-order valence-electron chi connectivity index (χ4n) is 3.00. The van der Waals surface area contributed by atoms with Gasteiger partial charge >= 0.3 is 5.97 Å². The van der Waals surface area contributed by atoms with Gasteiger partial charge in [0.05, 0.1) is 23.7 Å². The monoisotopic (exact) mass is 476 g/mol. The van der Waals surface area contributed by atoms with Crippen molar-refractivity contribution < 1.29 is 19.1 Å². The number of benzene rings is 1. The molecule has 2 amide bonds. The molecule has 25 heavy (non-hydrogen) atoms. The Labute approximate surface area is 165 Å². The minimum atomic E-state index is -1.40. The molecule has 0 radical (unpaired) electrons. The van der Waals surface area contributed by atoms with E-state index < -0.39 is 16.4 Å². The predicted octanol–water partition coefficient (Wildman–Crippen LogP) is 2.18. The highest BCUT2D eigenvalue weighted by molar-refractivity contribution is 14.1. The number of amides is 2. The van der Waals surface area contributed by atoms with Gasteiger partial charge in [0.15, 0.2) is 0 Å². The van der Waals surface area contributed by atoms with Gasteiger partial charge in [-0.1, -0.05) is 59.0 Å². The molecule has 2 unspecified atom stereocenters. The molecule has 0 bridgehead atoms. The smallest absolute Gasteiger partial charge is 0.354 e. The Bertz CT molecular complexity index is 633. The zero-order chi connectivity index (χ0) is 18.7. The van der Waals surface area contributed by atoms with Crippen LogP contribution in [0.2, 0.25) is 0 Å². The summed E-state index contributed by atoms with van der Waals surface area (Å²) in [6, 6.07) is 12.0. The van der Waals surface area contributed by atoms with Crippen LogP contribution in [-0.2, 0) is 19.1 Å². The lowest BCUT2D eigenvalue weighted by Gasteiger charge is -2.47. The first-order valence-corrected chi connectivity index (χ1v) is 10.2. The van der Waals surface area contributed by atoms with E-state index in [9.17, 15) is 14.4 Å². The molecule has 6 nitrogen and oxygen atoms in total. The lowest BCUT2D eigenvalue weighted by atomic mass is 9.89. The summed E-state index contributed by atoms with van der Waals surface area (Å²) in [6.45, 7) is 3.21. The number of nitrogens with zero attached hydrogens (tertiary/aromatic N) is 1. The van der Waals surface area contributed by atoms with Crippen LogP contribution in [0.1, 0.15) is 20.3 Å². The van der Waals surface area contributed by atoms with Crippen LogP contribution in [0, 0.1) is 0 Å². The van der Waals surface area contributed by atoms with Crippen LogP contribution >= 0.6 is 34.4 Å². The summed E-state index contributed by atoms with van der Waals surface area (Å²) in [4.78, 5) is 37.2. The van der Waals surface area contributed by atoms with Crippen molar-refractivity contribution >= 4 is 52.1 Å². The number of thioether (sulfide) groups is 1. The maximum atomic E-state index is 12.3. The number of rotatable bonds is 3. The van der Waals surface area contributed by atoms with E-state index in [2.05, 4.69) is 27.9 Å². The molecule has 3 rings (SSSR count). The fraction of sp³-hybridized carbons (Fsp3) is 0.471. The van der Waals surface area contributed by atoms with Gasteiger partial charge in [-0.05, 0) is 6.92 Å². The second-order valence-electron chi connectivity index (χ2n) is 5.94. The van der Waals surface area contributed by atoms with E-state index in [1.807, 2.05) is 43.3 Å². The number of halogens is 1. The van der Waals surface area contributed by atoms with E-state index in [1.165, 1.54) is 18.9 Å². The van der Waals surface area contributed by atoms with Crippen LogP contribution in [0.15, 0.2) is 36.4 Å². The van der Waals surface area contributed by atoms with Gasteiger partial charge in [0.2, 0.25) is 17.5 Å². The number of esters is 1. The van der Waals surface area contributed by atoms with Gasteiger partial charge in [-0.25, -0.2) is 4.79 Å². The summed E-state index contributed by atoms with van der Waals surface area (Å²) in [5.74, 6) is -1.09. The third kappa shape index (κ3) is 3.51. The molecule has 2 heterocycles. The van der Waals surface area contributed by atoms with Crippen LogP contribution in [0.3, 0.4) is 0 Å². The van der Waals surface area contributed by atoms with Crippen molar-refractivity contribution in [2.75, 3.05) is 11.5 Å². The van der Waals surface area contributed by atoms with Crippen molar-refractivity contribution in [1.82, 2.24) is 10.2 Å². The number of methoxy groups -OCH3 is 1. The lowest BCUT2D eigenvalue weighted by molar-refractivity contribution is -0.175. The minimum absolute atomic E-state index is 0.0711. The number of β-lactam (4-membered cyclic amide) rings is 1. The Balaban J connectivity index is 0.000000316. The summed E-state index contributed by atoms with van der Waals surface area (Å²) in [6.07, 6.45) is 0.398. The van der Waals surface area contributed by atoms with Gasteiger partial charge in [0.1, 0.15) is 0 Å². The minimum Gasteiger partial charge on any atom is -0.466 e. The highest BCUT2D eigenvalue weighted by Gasteiger charge is 2.71. The topological polar surface area (TPSA) is 75.7 Å². The number of nitrogens with one attached hydrogen (secondary N) is 1. The Morgan fingerprint density at radius 2 is 1.84 bits per heavy atom. The maximum Gasteiger partial charge on any atom is 0.354 e. The molecule has 0 aromatic heterocycles. The molecular weight excluding hydrogens is 455 g/mol. The summed E-state index contributed by atoms with van der Waals surface area (Å²) < 4.78 is 4.87. The van der Waals surface area contributed by atoms with Crippen molar-refractivity contribution in [3.63, 3.8) is 0 Å². The van der Waals surface area contributed by atoms with Gasteiger partial charge in [-0.3, -0.25) is 14.5 Å². The molecule has 2 aliphatic rings. The number of carbonyl (C=O) groups is 3. The van der Waals surface area contributed by atoms with Gasteiger partial charge in [0, 0.05) is 11.4 Å². The fourth-order valence-corrected chi connectivity index (χ4v) is 5.76. The van der Waals surface area contributed by atoms with E-state index >= 15 is 0 Å². The van der Waals surface area contributed by atoms with Gasteiger partial charge in [-0.15, -0.1) is 11.8 Å². The Morgan fingerprint density at radius 3 is 2.20 bits per heavy atom. The third-order valence-electron chi connectivity index (χ3n) is 4.19. The van der Waals surface area contributed by atoms with E-state index in [4.69, 9.17) is 4.74 Å². The number of hydrogen-bond acceptors (Lipinski definition) is 5. The maximum absolute atomic E-state index is 12.3. The molecule has 0 saturated carbocycles. The first kappa shape index (κ1) is 20.0. The summed E-state index contributed by atoms with van der Waals surface area (Å²) in [7, 11) is 1.27. The molecule has 0 aliphatic carbocycles. The van der Waals surface area contributed by atoms with Crippen molar-refractivity contribution in [2.24, 2.45) is 0 Å². The van der Waals surface area contributed by atoms with E-state index in [1.54, 1.807) is 11.8 Å². The molecule has 8 heteroatoms. The number of carbonyl (C=O) groups excluding carboxylic acids is 3. The van der Waals surface area contributed by atoms with Crippen molar-refractivity contribution in [1.29, 1.82) is 0 Å². The van der Waals surface area contributed by atoms with Crippen molar-refractivity contribution in [3.05, 3.63) is 36.4 Å². The Morgan fingerprint density at radius 1 is 1.32 bits per heavy atom. The predicted molar refractivity (Wildman–Crippen MR) is 105 cm³/mol. The zero-order valence-electron chi connectivity index (χ0n) is 14.3. The normalized spacial score (nSPS) is 29.7. The molecular formula is C17H21IN2O4S. The number of ether oxygens (including phenoxy) is 1. The molecule has 2 fully saturated rings. The second kappa shape index (κ2) is 7.94. The Kier molecular flexibility index (Phi) is 6.36. The average molecular weight is 476 g/mol. The van der Waals surface area contributed by atoms with Crippen molar-refractivity contribution in [3.8, 4) is 0 Å². The standard InChI is InChI=1S/C11H15IN2O4S.C6H6/c1-6(15)13-11(9(17)18-3)10(2,5-12)19-8-4-7(16)14(8)11;1-2-4-6-5-3-1/h8H,4-5H2,1-3H3,(H,13,15);1-6H/t8-,10?,11?;/m1./s1. The SMILES string of the molecule is COC(=O)C1(NC(C)=O)N2C(=O)C[C@H]2SC1(C)CI.c1ccccc1. The number of fused-ring (bicyclic) bond motifs is 1. The van der Waals surface area contributed by atoms with Crippen LogP contribution in [0.5, 0.6) is 0 Å². The van der Waals surface area contributed by atoms with Crippen LogP contribution in [-0.4, -0.2) is 50.0 Å². The van der Waals surface area contributed by atoms with Gasteiger partial charge in [0.25, 0.3) is 0 Å². The van der Waals surface area contributed by atoms with Crippen LogP contribution < -0.4 is 5.32 Å². The average Bonchev–Trinajstić information content (AvgIpc) is 2.80. The molecule has 1 aromatic rings. The molecule has 136 valence electrons. The molecule has 2 aliphatic heterocycles. The van der Waals surface area contributed by atoms with E-state index in [-0.39, 0.29) is 17.2 Å². The highest BCUT2D eigenvalue weighted by atomic mass is 127. The van der Waals surface area contributed by atoms with Gasteiger partial charge in [-0.2, -0.15) is 0 Å². The highest BCUT2D eigenvalue weighted by Crippen LogP contribution is 2.56. The third-order valence-corrected chi connectivity index (χ3v) is 7.84. The summed E-state index contributed by atoms with van der Waals surface area (Å²) in [5.41, 5.74) is -1.40. The lowest BCUT2D eigenvalue weighted by Crippen LogP contribution is -2.75. The van der Waals surface area contributed by atoms with Crippen LogP contribution in [0.25, 0.3) is 0 Å². The van der Waals surface area contributed by atoms with Gasteiger partial charge < -0.3 is 10.1 Å². The summed E-state index contributed by atoms with van der Waals surface area (Å²) in [5, 5.41) is 2.60. The molecule has 3 atom stereocenters. The zero-order valence-corrected chi connectivity index (χ0v) is 17.3. The number of alkyl halides is 1. The first-order chi connectivity index (χ1) is 11.8. The second-order valence-corrected chi connectivity index (χ2v) is 8.39. The summed E-state index contributed by atoms with van der Waals surface area (Å²) >= 11 is 3.71. The molecule has 1 N–H and O–H groups in total. The molecule has 1 aromatic carbocycles. The quantitative estimate of drug-likeness (QED) is 0.313. The largest absolute Gasteiger partial charge is 0.466 e. The Hall–Kier alpha value is -1.29. The van der Waals surface area contributed by atoms with Crippen molar-refractivity contribution in [2.45, 2.75) is 36.1 Å². The van der Waals surface area contributed by atoms with Crippen LogP contribution in [0.4, 0.5) is 0 Å². The molecule has 0 spiro atoms. The first-order valence-electron chi connectivity index (χ1n) is 7.75. The van der Waals surface area contributed by atoms with E-state index in [0.29, 0.717) is 10.8 Å². The van der Waals surface area contributed by atoms with E-state index in [0.717, 1.165) is 0 Å². The number of hydrogen-bond donors (Lipinski definition) is 1.